The topological polar surface area (TPSA) is 99.3 Å². The Morgan fingerprint density at radius 3 is 2.67 bits per heavy atom. The molecule has 1 spiro atoms. The van der Waals surface area contributed by atoms with Gasteiger partial charge in [-0.15, -0.1) is 0 Å². The van der Waals surface area contributed by atoms with Crippen LogP contribution in [0, 0.1) is 12.3 Å². The summed E-state index contributed by atoms with van der Waals surface area (Å²) in [6.07, 6.45) is 5.65. The lowest BCUT2D eigenvalue weighted by atomic mass is 9.72. The summed E-state index contributed by atoms with van der Waals surface area (Å²) in [6.45, 7) is 9.47. The van der Waals surface area contributed by atoms with Crippen molar-refractivity contribution in [1.29, 1.82) is 0 Å². The van der Waals surface area contributed by atoms with Crippen LogP contribution >= 0.6 is 0 Å². The van der Waals surface area contributed by atoms with Crippen molar-refractivity contribution in [3.05, 3.63) is 17.0 Å². The second-order valence-electron chi connectivity index (χ2n) is 9.03. The molecule has 7 nitrogen and oxygen atoms in total. The number of nitrogens with one attached hydrogen (secondary N) is 3. The van der Waals surface area contributed by atoms with Crippen molar-refractivity contribution in [2.75, 3.05) is 26.2 Å². The van der Waals surface area contributed by atoms with Gasteiger partial charge >= 0.3 is 6.09 Å². The molecule has 2 aliphatic rings. The van der Waals surface area contributed by atoms with Crippen LogP contribution in [0.5, 0.6) is 0 Å². The summed E-state index contributed by atoms with van der Waals surface area (Å²) in [5, 5.41) is 22.1. The second kappa shape index (κ2) is 8.19. The van der Waals surface area contributed by atoms with E-state index in [1.54, 1.807) is 0 Å². The van der Waals surface area contributed by atoms with Gasteiger partial charge in [-0.1, -0.05) is 13.8 Å². The minimum Gasteiger partial charge on any atom is -0.465 e. The first-order valence-corrected chi connectivity index (χ1v) is 10.2. The van der Waals surface area contributed by atoms with Gasteiger partial charge in [0, 0.05) is 24.7 Å². The number of aromatic amines is 1. The zero-order chi connectivity index (χ0) is 19.5. The third-order valence-corrected chi connectivity index (χ3v) is 6.09. The van der Waals surface area contributed by atoms with E-state index in [2.05, 4.69) is 41.6 Å². The molecule has 3 rings (SSSR count). The first kappa shape index (κ1) is 20.1. The molecule has 2 heterocycles. The molecule has 2 fully saturated rings. The summed E-state index contributed by atoms with van der Waals surface area (Å²) >= 11 is 0. The van der Waals surface area contributed by atoms with E-state index < -0.39 is 6.09 Å². The summed E-state index contributed by atoms with van der Waals surface area (Å²) < 4.78 is 6.25. The molecule has 1 aromatic rings. The van der Waals surface area contributed by atoms with Crippen molar-refractivity contribution in [3.8, 4) is 0 Å². The lowest BCUT2D eigenvalue weighted by Crippen LogP contribution is -2.34. The van der Waals surface area contributed by atoms with Crippen molar-refractivity contribution in [1.82, 2.24) is 20.8 Å². The third-order valence-electron chi connectivity index (χ3n) is 6.09. The highest BCUT2D eigenvalue weighted by Gasteiger charge is 2.46. The average Bonchev–Trinajstić information content (AvgIpc) is 3.11. The van der Waals surface area contributed by atoms with E-state index in [-0.39, 0.29) is 5.60 Å². The smallest absolute Gasteiger partial charge is 0.404 e. The molecule has 0 bridgehead atoms. The normalized spacial score (nSPS) is 27.1. The van der Waals surface area contributed by atoms with Gasteiger partial charge in [-0.3, -0.25) is 5.10 Å². The van der Waals surface area contributed by atoms with Gasteiger partial charge in [-0.05, 0) is 63.0 Å². The Balaban J connectivity index is 1.51. The molecule has 0 radical (unpaired) electrons. The van der Waals surface area contributed by atoms with E-state index in [4.69, 9.17) is 9.84 Å². The maximum atomic E-state index is 10.5. The van der Waals surface area contributed by atoms with Crippen LogP contribution in [0.2, 0.25) is 0 Å². The SMILES string of the molecule is Cc1[nH]nc(C2CCC3(CC2)CC(C)(C)CO3)c1CCNCCNC(=O)O. The molecule has 1 saturated carbocycles. The molecule has 7 heteroatoms. The van der Waals surface area contributed by atoms with E-state index >= 15 is 0 Å². The predicted molar refractivity (Wildman–Crippen MR) is 104 cm³/mol. The molecule has 0 atom stereocenters. The number of H-pyrrole nitrogens is 1. The number of carboxylic acid groups (broad SMARTS) is 1. The zero-order valence-electron chi connectivity index (χ0n) is 16.9. The van der Waals surface area contributed by atoms with Gasteiger partial charge in [0.2, 0.25) is 0 Å². The van der Waals surface area contributed by atoms with Crippen molar-refractivity contribution in [2.45, 2.75) is 70.8 Å². The van der Waals surface area contributed by atoms with E-state index in [1.165, 1.54) is 17.7 Å². The zero-order valence-corrected chi connectivity index (χ0v) is 16.9. The van der Waals surface area contributed by atoms with Gasteiger partial charge < -0.3 is 20.5 Å². The summed E-state index contributed by atoms with van der Waals surface area (Å²) in [5.41, 5.74) is 4.10. The summed E-state index contributed by atoms with van der Waals surface area (Å²) in [4.78, 5) is 10.5. The molecule has 1 aliphatic carbocycles. The molecule has 1 aliphatic heterocycles. The van der Waals surface area contributed by atoms with Gasteiger partial charge in [0.1, 0.15) is 0 Å². The Kier molecular flexibility index (Phi) is 6.11. The van der Waals surface area contributed by atoms with Gasteiger partial charge in [0.25, 0.3) is 0 Å². The van der Waals surface area contributed by atoms with Gasteiger partial charge in [0.05, 0.1) is 17.9 Å². The number of ether oxygens (including phenoxy) is 1. The second-order valence-corrected chi connectivity index (χ2v) is 9.03. The molecule has 1 aromatic heterocycles. The monoisotopic (exact) mass is 378 g/mol. The fourth-order valence-electron chi connectivity index (χ4n) is 4.78. The van der Waals surface area contributed by atoms with Crippen LogP contribution in [0.1, 0.15) is 68.8 Å². The molecular formula is C20H34N4O3. The van der Waals surface area contributed by atoms with Crippen molar-refractivity contribution < 1.29 is 14.6 Å². The van der Waals surface area contributed by atoms with Gasteiger partial charge in [-0.2, -0.15) is 5.10 Å². The van der Waals surface area contributed by atoms with E-state index in [0.29, 0.717) is 24.4 Å². The highest BCUT2D eigenvalue weighted by atomic mass is 16.5. The molecular weight excluding hydrogens is 344 g/mol. The maximum Gasteiger partial charge on any atom is 0.404 e. The summed E-state index contributed by atoms with van der Waals surface area (Å²) in [5.74, 6) is 0.511. The number of aromatic nitrogens is 2. The summed E-state index contributed by atoms with van der Waals surface area (Å²) in [6, 6.07) is 0. The van der Waals surface area contributed by atoms with Gasteiger partial charge in [-0.25, -0.2) is 4.79 Å². The Morgan fingerprint density at radius 1 is 1.30 bits per heavy atom. The minimum absolute atomic E-state index is 0.101. The molecule has 1 amide bonds. The molecule has 1 saturated heterocycles. The molecule has 27 heavy (non-hydrogen) atoms. The average molecular weight is 379 g/mol. The molecule has 4 N–H and O–H groups in total. The lowest BCUT2D eigenvalue weighted by molar-refractivity contribution is -0.0296. The van der Waals surface area contributed by atoms with E-state index in [0.717, 1.165) is 50.9 Å². The number of aryl methyl sites for hydroxylation is 1. The highest BCUT2D eigenvalue weighted by Crippen LogP contribution is 2.49. The largest absolute Gasteiger partial charge is 0.465 e. The molecule has 0 unspecified atom stereocenters. The Labute approximate surface area is 161 Å². The standard InChI is InChI=1S/C20H34N4O3/c1-14-16(6-9-21-10-11-22-18(25)26)17(24-23-14)15-4-7-20(8-5-15)12-19(2,3)13-27-20/h15,21-22H,4-13H2,1-3H3,(H,23,24)(H,25,26). The first-order valence-electron chi connectivity index (χ1n) is 10.2. The van der Waals surface area contributed by atoms with E-state index in [1.807, 2.05) is 0 Å². The number of amides is 1. The Morgan fingerprint density at radius 2 is 2.04 bits per heavy atom. The van der Waals surface area contributed by atoms with Crippen LogP contribution in [0.15, 0.2) is 0 Å². The predicted octanol–water partition coefficient (Wildman–Crippen LogP) is 2.96. The van der Waals surface area contributed by atoms with Crippen LogP contribution < -0.4 is 10.6 Å². The fourth-order valence-corrected chi connectivity index (χ4v) is 4.78. The minimum atomic E-state index is -0.977. The quantitative estimate of drug-likeness (QED) is 0.547. The molecule has 0 aromatic carbocycles. The van der Waals surface area contributed by atoms with Crippen LogP contribution in [0.25, 0.3) is 0 Å². The van der Waals surface area contributed by atoms with Crippen molar-refractivity contribution in [2.24, 2.45) is 5.41 Å². The van der Waals surface area contributed by atoms with Crippen LogP contribution in [-0.4, -0.2) is 53.2 Å². The van der Waals surface area contributed by atoms with Crippen LogP contribution in [0.3, 0.4) is 0 Å². The lowest BCUT2D eigenvalue weighted by Gasteiger charge is -2.37. The summed E-state index contributed by atoms with van der Waals surface area (Å²) in [7, 11) is 0. The number of hydrogen-bond donors (Lipinski definition) is 4. The molecule has 152 valence electrons. The first-order chi connectivity index (χ1) is 12.8. The third kappa shape index (κ3) is 5.02. The van der Waals surface area contributed by atoms with Crippen LogP contribution in [-0.2, 0) is 11.2 Å². The number of nitrogens with zero attached hydrogens (tertiary/aromatic N) is 1. The van der Waals surface area contributed by atoms with Crippen molar-refractivity contribution >= 4 is 6.09 Å². The van der Waals surface area contributed by atoms with E-state index in [9.17, 15) is 4.79 Å². The fraction of sp³-hybridized carbons (Fsp3) is 0.800. The Hall–Kier alpha value is -1.60. The number of hydrogen-bond acceptors (Lipinski definition) is 4. The maximum absolute atomic E-state index is 10.5. The van der Waals surface area contributed by atoms with Crippen LogP contribution in [0.4, 0.5) is 4.79 Å². The number of rotatable bonds is 7. The highest BCUT2D eigenvalue weighted by molar-refractivity contribution is 5.64. The Bertz CT molecular complexity index is 648. The number of carbonyl (C=O) groups is 1. The van der Waals surface area contributed by atoms with Gasteiger partial charge in [0.15, 0.2) is 0 Å². The van der Waals surface area contributed by atoms with Crippen molar-refractivity contribution in [3.63, 3.8) is 0 Å².